The first-order chi connectivity index (χ1) is 35.2. The van der Waals surface area contributed by atoms with Crippen molar-refractivity contribution in [2.45, 2.75) is 0 Å². The van der Waals surface area contributed by atoms with E-state index in [1.165, 1.54) is 52.8 Å². The van der Waals surface area contributed by atoms with Gasteiger partial charge in [0, 0.05) is 74.5 Å². The molecule has 0 spiro atoms. The Labute approximate surface area is 410 Å². The molecule has 0 amide bonds. The molecule has 330 valence electrons. The van der Waals surface area contributed by atoms with Crippen molar-refractivity contribution in [1.29, 1.82) is 0 Å². The van der Waals surface area contributed by atoms with E-state index in [9.17, 15) is 0 Å². The minimum Gasteiger partial charge on any atom is -0.456 e. The van der Waals surface area contributed by atoms with Gasteiger partial charge in [0.2, 0.25) is 0 Å². The van der Waals surface area contributed by atoms with Crippen LogP contribution >= 0.6 is 11.3 Å². The molecule has 0 unspecified atom stereocenters. The van der Waals surface area contributed by atoms with Crippen LogP contribution in [0.15, 0.2) is 239 Å². The highest BCUT2D eigenvalue weighted by molar-refractivity contribution is 7.26. The molecule has 0 saturated heterocycles. The summed E-state index contributed by atoms with van der Waals surface area (Å²) in [6, 6.07) is 84.0. The number of fused-ring (bicyclic) bond motifs is 15. The molecule has 0 fully saturated rings. The fraction of sp³-hybridized carbons (Fsp3) is 0. The Morgan fingerprint density at radius 1 is 0.310 bits per heavy atom. The van der Waals surface area contributed by atoms with Crippen LogP contribution in [0.5, 0.6) is 0 Å². The van der Waals surface area contributed by atoms with E-state index in [1.54, 1.807) is 0 Å². The predicted molar refractivity (Wildman–Crippen MR) is 299 cm³/mol. The summed E-state index contributed by atoms with van der Waals surface area (Å²) in [5.41, 5.74) is 17.2. The van der Waals surface area contributed by atoms with Gasteiger partial charge in [-0.25, -0.2) is 0 Å². The second-order valence-electron chi connectivity index (χ2n) is 18.7. The highest BCUT2D eigenvalue weighted by Crippen LogP contribution is 2.46. The van der Waals surface area contributed by atoms with E-state index in [1.807, 2.05) is 29.5 Å². The van der Waals surface area contributed by atoms with Crippen LogP contribution in [0.2, 0.25) is 0 Å². The van der Waals surface area contributed by atoms with Crippen molar-refractivity contribution in [3.8, 4) is 44.8 Å². The van der Waals surface area contributed by atoms with Gasteiger partial charge >= 0.3 is 0 Å². The van der Waals surface area contributed by atoms with E-state index in [0.717, 1.165) is 99.6 Å². The summed E-state index contributed by atoms with van der Waals surface area (Å²) < 4.78 is 20.5. The molecule has 11 aromatic carbocycles. The molecular weight excluding hydrogens is 885 g/mol. The zero-order chi connectivity index (χ0) is 46.3. The molecule has 0 N–H and O–H groups in total. The lowest BCUT2D eigenvalue weighted by Gasteiger charge is -2.16. The average molecular weight is 923 g/mol. The number of nitrogens with zero attached hydrogens (tertiary/aromatic N) is 2. The zero-order valence-electron chi connectivity index (χ0n) is 38.1. The molecule has 0 aliphatic heterocycles. The van der Waals surface area contributed by atoms with Crippen LogP contribution in [0, 0.1) is 0 Å². The van der Waals surface area contributed by atoms with Gasteiger partial charge in [0.15, 0.2) is 5.58 Å². The first-order valence-corrected chi connectivity index (χ1v) is 25.0. The Morgan fingerprint density at radius 2 is 0.887 bits per heavy atom. The van der Waals surface area contributed by atoms with Gasteiger partial charge in [-0.1, -0.05) is 152 Å². The molecule has 5 heteroatoms. The molecule has 0 aliphatic carbocycles. The van der Waals surface area contributed by atoms with E-state index >= 15 is 0 Å². The van der Waals surface area contributed by atoms with Gasteiger partial charge in [0.05, 0.1) is 27.8 Å². The Morgan fingerprint density at radius 3 is 1.72 bits per heavy atom. The maximum atomic E-state index is 6.78. The summed E-state index contributed by atoms with van der Waals surface area (Å²) in [7, 11) is 0. The molecule has 0 saturated carbocycles. The third-order valence-electron chi connectivity index (χ3n) is 14.9. The van der Waals surface area contributed by atoms with E-state index < -0.39 is 0 Å². The second-order valence-corrected chi connectivity index (χ2v) is 19.8. The third-order valence-corrected chi connectivity index (χ3v) is 16.1. The number of rotatable bonds is 5. The standard InChI is InChI=1S/C66H38N2O2S/c1-6-24-56-46(14-1)48-32-30-39(37-59(48)67(56)43-31-33-62-55(38-43)50-17-4-8-27-60(50)69-62)40-34-41(36-42(35-40)45-20-12-23-54-51-18-5-10-29-63(51)71-66(45)54)44-19-11-21-52-47-15-2-7-25-57(47)68(64(44)52)58-26-13-22-53-49-16-3-9-28-61(49)70-65(53)58/h1-38H. The monoisotopic (exact) mass is 922 g/mol. The first-order valence-electron chi connectivity index (χ1n) is 24.1. The minimum absolute atomic E-state index is 0.876. The largest absolute Gasteiger partial charge is 0.456 e. The Hall–Kier alpha value is -9.16. The summed E-state index contributed by atoms with van der Waals surface area (Å²) in [6.45, 7) is 0. The van der Waals surface area contributed by atoms with Crippen molar-refractivity contribution in [3.63, 3.8) is 0 Å². The van der Waals surface area contributed by atoms with E-state index in [0.29, 0.717) is 0 Å². The normalized spacial score (nSPS) is 12.2. The van der Waals surface area contributed by atoms with Crippen molar-refractivity contribution >= 4 is 119 Å². The average Bonchev–Trinajstić information content (AvgIpc) is 4.25. The van der Waals surface area contributed by atoms with Crippen molar-refractivity contribution < 1.29 is 8.83 Å². The van der Waals surface area contributed by atoms with Gasteiger partial charge in [-0.3, -0.25) is 0 Å². The molecule has 0 bridgehead atoms. The molecular formula is C66H38N2O2S. The first kappa shape index (κ1) is 38.8. The maximum absolute atomic E-state index is 6.78. The van der Waals surface area contributed by atoms with Crippen molar-refractivity contribution in [1.82, 2.24) is 9.13 Å². The number of furan rings is 2. The topological polar surface area (TPSA) is 36.1 Å². The van der Waals surface area contributed by atoms with E-state index in [2.05, 4.69) is 221 Å². The molecule has 5 heterocycles. The molecule has 4 nitrogen and oxygen atoms in total. The molecule has 71 heavy (non-hydrogen) atoms. The fourth-order valence-electron chi connectivity index (χ4n) is 11.8. The van der Waals surface area contributed by atoms with E-state index in [4.69, 9.17) is 8.83 Å². The molecule has 16 aromatic rings. The minimum atomic E-state index is 0.876. The number of benzene rings is 11. The van der Waals surface area contributed by atoms with Crippen LogP contribution in [0.3, 0.4) is 0 Å². The number of thiophene rings is 1. The van der Waals surface area contributed by atoms with Gasteiger partial charge in [0.25, 0.3) is 0 Å². The SMILES string of the molecule is c1ccc2c(c1)oc1ccc(-n3c4ccccc4c4ccc(-c5cc(-c6cccc7c6sc6ccccc67)cc(-c6cccc7c8ccccc8n(-c8cccc9c8oc8ccccc89)c67)c5)cc43)cc12. The smallest absolute Gasteiger partial charge is 0.159 e. The summed E-state index contributed by atoms with van der Waals surface area (Å²) in [5.74, 6) is 0. The summed E-state index contributed by atoms with van der Waals surface area (Å²) in [6.07, 6.45) is 0. The van der Waals surface area contributed by atoms with Gasteiger partial charge in [0.1, 0.15) is 16.7 Å². The lowest BCUT2D eigenvalue weighted by Crippen LogP contribution is -1.96. The van der Waals surface area contributed by atoms with Crippen molar-refractivity contribution in [2.24, 2.45) is 0 Å². The van der Waals surface area contributed by atoms with Crippen LogP contribution in [0.4, 0.5) is 0 Å². The zero-order valence-corrected chi connectivity index (χ0v) is 38.9. The number of aromatic nitrogens is 2. The molecule has 5 aromatic heterocycles. The number of hydrogen-bond donors (Lipinski definition) is 0. The van der Waals surface area contributed by atoms with Gasteiger partial charge in [-0.2, -0.15) is 0 Å². The summed E-state index contributed by atoms with van der Waals surface area (Å²) in [4.78, 5) is 0. The Bertz CT molecular complexity index is 4900. The number of hydrogen-bond acceptors (Lipinski definition) is 3. The maximum Gasteiger partial charge on any atom is 0.159 e. The Balaban J connectivity index is 0.978. The van der Waals surface area contributed by atoms with Gasteiger partial charge in [-0.15, -0.1) is 11.3 Å². The lowest BCUT2D eigenvalue weighted by molar-refractivity contribution is 0.666. The third kappa shape index (κ3) is 5.61. The summed E-state index contributed by atoms with van der Waals surface area (Å²) >= 11 is 1.88. The molecule has 0 aliphatic rings. The molecule has 16 rings (SSSR count). The van der Waals surface area contributed by atoms with Crippen molar-refractivity contribution in [3.05, 3.63) is 231 Å². The van der Waals surface area contributed by atoms with E-state index in [-0.39, 0.29) is 0 Å². The Kier molecular flexibility index (Phi) is 8.01. The highest BCUT2D eigenvalue weighted by Gasteiger charge is 2.22. The predicted octanol–water partition coefficient (Wildman–Crippen LogP) is 19.0. The van der Waals surface area contributed by atoms with Gasteiger partial charge in [-0.05, 0) is 107 Å². The van der Waals surface area contributed by atoms with Crippen LogP contribution in [-0.4, -0.2) is 9.13 Å². The highest BCUT2D eigenvalue weighted by atomic mass is 32.1. The second kappa shape index (κ2) is 14.7. The summed E-state index contributed by atoms with van der Waals surface area (Å²) in [5, 5.41) is 11.8. The fourth-order valence-corrected chi connectivity index (χ4v) is 13.0. The lowest BCUT2D eigenvalue weighted by atomic mass is 9.91. The number of para-hydroxylation sites is 6. The van der Waals surface area contributed by atoms with Crippen LogP contribution in [0.1, 0.15) is 0 Å². The van der Waals surface area contributed by atoms with Crippen LogP contribution in [-0.2, 0) is 0 Å². The van der Waals surface area contributed by atoms with Crippen molar-refractivity contribution in [2.75, 3.05) is 0 Å². The van der Waals surface area contributed by atoms with Crippen LogP contribution in [0.25, 0.3) is 152 Å². The molecule has 0 atom stereocenters. The molecule has 0 radical (unpaired) electrons. The van der Waals surface area contributed by atoms with Gasteiger partial charge < -0.3 is 18.0 Å². The van der Waals surface area contributed by atoms with Crippen LogP contribution < -0.4 is 0 Å². The quantitative estimate of drug-likeness (QED) is 0.172.